The van der Waals surface area contributed by atoms with Crippen molar-refractivity contribution in [2.45, 2.75) is 26.2 Å². The van der Waals surface area contributed by atoms with E-state index in [2.05, 4.69) is 12.1 Å². The van der Waals surface area contributed by atoms with Crippen LogP contribution in [-0.4, -0.2) is 16.2 Å². The van der Waals surface area contributed by atoms with Crippen LogP contribution in [0.25, 0.3) is 12.2 Å². The highest BCUT2D eigenvalue weighted by atomic mass is 16.5. The van der Waals surface area contributed by atoms with Gasteiger partial charge in [-0.25, -0.2) is 4.79 Å². The van der Waals surface area contributed by atoms with Gasteiger partial charge in [-0.1, -0.05) is 54.9 Å². The van der Waals surface area contributed by atoms with Gasteiger partial charge in [0.25, 0.3) is 0 Å². The van der Waals surface area contributed by atoms with Gasteiger partial charge in [0.2, 0.25) is 0 Å². The summed E-state index contributed by atoms with van der Waals surface area (Å²) in [5, 5.41) is 13.2. The number of benzene rings is 1. The Balaban J connectivity index is 2.25. The fourth-order valence-electron chi connectivity index (χ4n) is 1.93. The highest BCUT2D eigenvalue weighted by Crippen LogP contribution is 2.19. The Morgan fingerprint density at radius 2 is 2.05 bits per heavy atom. The molecule has 0 aliphatic carbocycles. The number of carboxylic acid groups (broad SMARTS) is 1. The molecule has 0 fully saturated rings. The van der Waals surface area contributed by atoms with Gasteiger partial charge in [-0.05, 0) is 24.5 Å². The van der Waals surface area contributed by atoms with E-state index in [1.165, 1.54) is 0 Å². The quantitative estimate of drug-likeness (QED) is 0.865. The van der Waals surface area contributed by atoms with Gasteiger partial charge in [-0.3, -0.25) is 0 Å². The van der Waals surface area contributed by atoms with Crippen molar-refractivity contribution in [1.82, 2.24) is 5.16 Å². The van der Waals surface area contributed by atoms with Crippen LogP contribution in [-0.2, 0) is 6.42 Å². The van der Waals surface area contributed by atoms with Gasteiger partial charge in [0.05, 0.1) is 5.69 Å². The first-order valence-corrected chi connectivity index (χ1v) is 6.67. The van der Waals surface area contributed by atoms with Crippen LogP contribution in [0.5, 0.6) is 0 Å². The maximum absolute atomic E-state index is 11.3. The van der Waals surface area contributed by atoms with E-state index in [-0.39, 0.29) is 5.56 Å². The number of aromatic nitrogens is 1. The fraction of sp³-hybridized carbons (Fsp3) is 0.250. The average molecular weight is 271 g/mol. The van der Waals surface area contributed by atoms with Crippen molar-refractivity contribution in [1.29, 1.82) is 0 Å². The Labute approximate surface area is 117 Å². The summed E-state index contributed by atoms with van der Waals surface area (Å²) < 4.78 is 5.16. The Morgan fingerprint density at radius 1 is 1.30 bits per heavy atom. The summed E-state index contributed by atoms with van der Waals surface area (Å²) in [5.41, 5.74) is 1.67. The van der Waals surface area contributed by atoms with Crippen LogP contribution in [0.1, 0.15) is 47.1 Å². The van der Waals surface area contributed by atoms with Gasteiger partial charge in [0.15, 0.2) is 5.76 Å². The molecule has 0 unspecified atom stereocenters. The molecule has 1 aromatic heterocycles. The Morgan fingerprint density at radius 3 is 2.70 bits per heavy atom. The van der Waals surface area contributed by atoms with Gasteiger partial charge in [0.1, 0.15) is 5.56 Å². The number of hydrogen-bond donors (Lipinski definition) is 1. The highest BCUT2D eigenvalue weighted by molar-refractivity contribution is 5.93. The van der Waals surface area contributed by atoms with Crippen molar-refractivity contribution in [3.63, 3.8) is 0 Å². The zero-order valence-electron chi connectivity index (χ0n) is 11.4. The lowest BCUT2D eigenvalue weighted by atomic mass is 10.1. The molecule has 20 heavy (non-hydrogen) atoms. The van der Waals surface area contributed by atoms with Crippen LogP contribution < -0.4 is 0 Å². The third-order valence-electron chi connectivity index (χ3n) is 3.00. The normalized spacial score (nSPS) is 11.1. The van der Waals surface area contributed by atoms with Crippen LogP contribution in [0, 0.1) is 0 Å². The molecule has 0 spiro atoms. The first-order valence-electron chi connectivity index (χ1n) is 6.67. The molecule has 0 aliphatic rings. The number of hydrogen-bond acceptors (Lipinski definition) is 3. The van der Waals surface area contributed by atoms with Crippen molar-refractivity contribution in [3.05, 3.63) is 52.9 Å². The number of aromatic carboxylic acids is 1. The van der Waals surface area contributed by atoms with E-state index in [0.29, 0.717) is 17.9 Å². The molecule has 1 N–H and O–H groups in total. The Hall–Kier alpha value is -2.36. The summed E-state index contributed by atoms with van der Waals surface area (Å²) in [6, 6.07) is 9.64. The van der Waals surface area contributed by atoms with Crippen LogP contribution in [0.3, 0.4) is 0 Å². The molecule has 1 aromatic carbocycles. The van der Waals surface area contributed by atoms with E-state index < -0.39 is 5.97 Å². The summed E-state index contributed by atoms with van der Waals surface area (Å²) in [6.45, 7) is 2.05. The topological polar surface area (TPSA) is 63.3 Å². The molecule has 1 heterocycles. The predicted molar refractivity (Wildman–Crippen MR) is 77.4 cm³/mol. The lowest BCUT2D eigenvalue weighted by Crippen LogP contribution is -2.02. The molecule has 0 saturated heterocycles. The fourth-order valence-corrected chi connectivity index (χ4v) is 1.93. The minimum Gasteiger partial charge on any atom is -0.477 e. The molecule has 0 bridgehead atoms. The first-order chi connectivity index (χ1) is 9.72. The number of nitrogens with zero attached hydrogens (tertiary/aromatic N) is 1. The molecule has 104 valence electrons. The molecule has 2 aromatic rings. The number of carbonyl (C=O) groups is 1. The third-order valence-corrected chi connectivity index (χ3v) is 3.00. The Kier molecular flexibility index (Phi) is 4.71. The maximum Gasteiger partial charge on any atom is 0.341 e. The van der Waals surface area contributed by atoms with Gasteiger partial charge < -0.3 is 9.63 Å². The third kappa shape index (κ3) is 3.35. The van der Waals surface area contributed by atoms with Gasteiger partial charge in [0, 0.05) is 0 Å². The summed E-state index contributed by atoms with van der Waals surface area (Å²) >= 11 is 0. The highest BCUT2D eigenvalue weighted by Gasteiger charge is 2.20. The van der Waals surface area contributed by atoms with Crippen LogP contribution in [0.4, 0.5) is 0 Å². The van der Waals surface area contributed by atoms with E-state index in [4.69, 9.17) is 4.52 Å². The maximum atomic E-state index is 11.3. The van der Waals surface area contributed by atoms with Crippen molar-refractivity contribution >= 4 is 18.1 Å². The lowest BCUT2D eigenvalue weighted by molar-refractivity contribution is 0.0694. The summed E-state index contributed by atoms with van der Waals surface area (Å²) in [5.74, 6) is -0.697. The molecule has 4 nitrogen and oxygen atoms in total. The lowest BCUT2D eigenvalue weighted by Gasteiger charge is -1.96. The van der Waals surface area contributed by atoms with E-state index >= 15 is 0 Å². The molecular weight excluding hydrogens is 254 g/mol. The zero-order valence-corrected chi connectivity index (χ0v) is 11.4. The second-order valence-corrected chi connectivity index (χ2v) is 4.52. The monoisotopic (exact) mass is 271 g/mol. The number of aryl methyl sites for hydroxylation is 1. The second kappa shape index (κ2) is 6.70. The number of unbranched alkanes of at least 4 members (excludes halogenated alkanes) is 1. The first kappa shape index (κ1) is 14.1. The van der Waals surface area contributed by atoms with Crippen LogP contribution >= 0.6 is 0 Å². The standard InChI is InChI=1S/C16H17NO3/c1-2-3-9-13-15(16(18)19)14(20-17-13)11-10-12-7-5-4-6-8-12/h4-8,10-11H,2-3,9H2,1H3,(H,18,19)/b11-10+. The SMILES string of the molecule is CCCCc1noc(/C=C/c2ccccc2)c1C(=O)O. The molecular formula is C16H17NO3. The van der Waals surface area contributed by atoms with Gasteiger partial charge in [-0.15, -0.1) is 0 Å². The van der Waals surface area contributed by atoms with Crippen molar-refractivity contribution in [3.8, 4) is 0 Å². The minimum atomic E-state index is -0.995. The number of rotatable bonds is 6. The average Bonchev–Trinajstić information content (AvgIpc) is 2.87. The van der Waals surface area contributed by atoms with E-state index in [9.17, 15) is 9.90 Å². The predicted octanol–water partition coefficient (Wildman–Crippen LogP) is 3.89. The largest absolute Gasteiger partial charge is 0.477 e. The van der Waals surface area contributed by atoms with E-state index in [0.717, 1.165) is 18.4 Å². The molecule has 4 heteroatoms. The molecule has 0 amide bonds. The molecule has 0 saturated carbocycles. The molecule has 0 atom stereocenters. The molecule has 0 aliphatic heterocycles. The summed E-state index contributed by atoms with van der Waals surface area (Å²) in [6.07, 6.45) is 5.98. The van der Waals surface area contributed by atoms with Crippen molar-refractivity contribution in [2.75, 3.05) is 0 Å². The Bertz CT molecular complexity index is 599. The second-order valence-electron chi connectivity index (χ2n) is 4.52. The van der Waals surface area contributed by atoms with Crippen LogP contribution in [0.2, 0.25) is 0 Å². The smallest absolute Gasteiger partial charge is 0.341 e. The molecule has 0 radical (unpaired) electrons. The summed E-state index contributed by atoms with van der Waals surface area (Å²) in [4.78, 5) is 11.3. The summed E-state index contributed by atoms with van der Waals surface area (Å²) in [7, 11) is 0. The minimum absolute atomic E-state index is 0.172. The van der Waals surface area contributed by atoms with Crippen LogP contribution in [0.15, 0.2) is 34.9 Å². The van der Waals surface area contributed by atoms with Gasteiger partial charge >= 0.3 is 5.97 Å². The number of carboxylic acids is 1. The van der Waals surface area contributed by atoms with Crippen molar-refractivity contribution in [2.24, 2.45) is 0 Å². The van der Waals surface area contributed by atoms with Crippen molar-refractivity contribution < 1.29 is 14.4 Å². The van der Waals surface area contributed by atoms with E-state index in [1.807, 2.05) is 36.4 Å². The van der Waals surface area contributed by atoms with Gasteiger partial charge in [-0.2, -0.15) is 0 Å². The molecule has 2 rings (SSSR count). The van der Waals surface area contributed by atoms with E-state index in [1.54, 1.807) is 6.08 Å². The zero-order chi connectivity index (χ0) is 14.4.